The molecule has 0 radical (unpaired) electrons. The lowest BCUT2D eigenvalue weighted by Crippen LogP contribution is -2.23. The zero-order valence-corrected chi connectivity index (χ0v) is 14.3. The summed E-state index contributed by atoms with van der Waals surface area (Å²) in [5.41, 5.74) is 0.934. The largest absolute Gasteiger partial charge is 0.497 e. The number of nitrogens with zero attached hydrogens (tertiary/aromatic N) is 3. The second-order valence-electron chi connectivity index (χ2n) is 5.85. The van der Waals surface area contributed by atoms with Crippen molar-refractivity contribution in [3.05, 3.63) is 54.0 Å². The van der Waals surface area contributed by atoms with Crippen molar-refractivity contribution in [1.29, 1.82) is 0 Å². The third-order valence-electron chi connectivity index (χ3n) is 4.08. The van der Waals surface area contributed by atoms with Crippen molar-refractivity contribution >= 4 is 17.8 Å². The molecule has 6 heteroatoms. The molecule has 1 fully saturated rings. The second kappa shape index (κ2) is 8.28. The highest BCUT2D eigenvalue weighted by Crippen LogP contribution is 2.16. The molecule has 1 aromatic carbocycles. The average molecular weight is 338 g/mol. The number of benzene rings is 1. The van der Waals surface area contributed by atoms with Gasteiger partial charge in [0.2, 0.25) is 5.91 Å². The minimum atomic E-state index is -0.175. The molecule has 0 unspecified atom stereocenters. The lowest BCUT2D eigenvalue weighted by atomic mass is 10.2. The number of anilines is 1. The molecule has 3 rings (SSSR count). The van der Waals surface area contributed by atoms with Gasteiger partial charge in [-0.05, 0) is 42.7 Å². The van der Waals surface area contributed by atoms with Crippen molar-refractivity contribution < 1.29 is 9.53 Å². The van der Waals surface area contributed by atoms with Crippen LogP contribution in [-0.2, 0) is 11.3 Å². The molecule has 6 nitrogen and oxygen atoms in total. The van der Waals surface area contributed by atoms with Gasteiger partial charge in [0.05, 0.1) is 13.7 Å². The van der Waals surface area contributed by atoms with Crippen LogP contribution in [0.5, 0.6) is 5.75 Å². The van der Waals surface area contributed by atoms with E-state index in [0.29, 0.717) is 12.4 Å². The van der Waals surface area contributed by atoms with Crippen LogP contribution in [0.25, 0.3) is 6.08 Å². The van der Waals surface area contributed by atoms with Crippen LogP contribution in [-0.4, -0.2) is 36.1 Å². The Morgan fingerprint density at radius 3 is 2.72 bits per heavy atom. The van der Waals surface area contributed by atoms with Gasteiger partial charge in [0, 0.05) is 25.4 Å². The van der Waals surface area contributed by atoms with E-state index in [0.717, 1.165) is 30.2 Å². The molecule has 2 aromatic rings. The van der Waals surface area contributed by atoms with Crippen molar-refractivity contribution in [3.8, 4) is 5.75 Å². The highest BCUT2D eigenvalue weighted by Gasteiger charge is 2.13. The first-order valence-corrected chi connectivity index (χ1v) is 8.41. The number of aromatic nitrogens is 2. The van der Waals surface area contributed by atoms with Gasteiger partial charge in [0.15, 0.2) is 0 Å². The fraction of sp³-hybridized carbons (Fsp3) is 0.316. The zero-order chi connectivity index (χ0) is 17.5. The molecule has 1 aromatic heterocycles. The molecule has 0 atom stereocenters. The number of carbonyl (C=O) groups is 1. The Labute approximate surface area is 147 Å². The second-order valence-corrected chi connectivity index (χ2v) is 5.85. The summed E-state index contributed by atoms with van der Waals surface area (Å²) < 4.78 is 5.11. The minimum absolute atomic E-state index is 0.175. The number of hydrogen-bond acceptors (Lipinski definition) is 5. The Hall–Kier alpha value is -2.89. The Balaban J connectivity index is 1.53. The monoisotopic (exact) mass is 338 g/mol. The van der Waals surface area contributed by atoms with Crippen LogP contribution in [0, 0.1) is 0 Å². The summed E-state index contributed by atoms with van der Waals surface area (Å²) in [5, 5.41) is 2.82. The maximum Gasteiger partial charge on any atom is 0.244 e. The van der Waals surface area contributed by atoms with Gasteiger partial charge in [-0.3, -0.25) is 4.79 Å². The number of amides is 1. The van der Waals surface area contributed by atoms with Gasteiger partial charge in [0.1, 0.15) is 17.4 Å². The molecular formula is C19H22N4O2. The Morgan fingerprint density at radius 2 is 2.00 bits per heavy atom. The van der Waals surface area contributed by atoms with E-state index in [9.17, 15) is 4.79 Å². The van der Waals surface area contributed by atoms with Gasteiger partial charge < -0.3 is 15.0 Å². The van der Waals surface area contributed by atoms with E-state index in [1.54, 1.807) is 19.4 Å². The quantitative estimate of drug-likeness (QED) is 0.819. The summed E-state index contributed by atoms with van der Waals surface area (Å²) in [5.74, 6) is 2.17. The topological polar surface area (TPSA) is 67.3 Å². The molecule has 1 amide bonds. The van der Waals surface area contributed by atoms with Crippen molar-refractivity contribution in [1.82, 2.24) is 15.3 Å². The van der Waals surface area contributed by atoms with Crippen molar-refractivity contribution in [2.75, 3.05) is 25.1 Å². The number of nitrogens with one attached hydrogen (secondary N) is 1. The first kappa shape index (κ1) is 17.0. The maximum absolute atomic E-state index is 12.0. The van der Waals surface area contributed by atoms with Gasteiger partial charge in [0.25, 0.3) is 0 Å². The molecule has 25 heavy (non-hydrogen) atoms. The van der Waals surface area contributed by atoms with Gasteiger partial charge >= 0.3 is 0 Å². The number of ether oxygens (including phenoxy) is 1. The predicted octanol–water partition coefficient (Wildman–Crippen LogP) is 2.42. The van der Waals surface area contributed by atoms with Crippen LogP contribution >= 0.6 is 0 Å². The molecule has 1 aliphatic heterocycles. The lowest BCUT2D eigenvalue weighted by molar-refractivity contribution is -0.116. The van der Waals surface area contributed by atoms with Crippen LogP contribution < -0.4 is 15.0 Å². The third-order valence-corrected chi connectivity index (χ3v) is 4.08. The van der Waals surface area contributed by atoms with E-state index in [1.807, 2.05) is 30.3 Å². The molecule has 130 valence electrons. The van der Waals surface area contributed by atoms with Crippen molar-refractivity contribution in [2.45, 2.75) is 19.4 Å². The first-order chi connectivity index (χ1) is 12.2. The molecule has 0 spiro atoms. The predicted molar refractivity (Wildman–Crippen MR) is 97.4 cm³/mol. The van der Waals surface area contributed by atoms with E-state index in [1.165, 1.54) is 18.9 Å². The molecule has 1 aliphatic rings. The number of rotatable bonds is 6. The summed E-state index contributed by atoms with van der Waals surface area (Å²) in [4.78, 5) is 23.0. The van der Waals surface area contributed by atoms with E-state index in [-0.39, 0.29) is 5.91 Å². The van der Waals surface area contributed by atoms with E-state index < -0.39 is 0 Å². The summed E-state index contributed by atoms with van der Waals surface area (Å²) >= 11 is 0. The van der Waals surface area contributed by atoms with Crippen molar-refractivity contribution in [3.63, 3.8) is 0 Å². The number of carbonyl (C=O) groups excluding carboxylic acids is 1. The van der Waals surface area contributed by atoms with Gasteiger partial charge in [-0.15, -0.1) is 0 Å². The maximum atomic E-state index is 12.0. The van der Waals surface area contributed by atoms with Crippen LogP contribution in [0.15, 0.2) is 42.6 Å². The summed E-state index contributed by atoms with van der Waals surface area (Å²) in [7, 11) is 1.62. The average Bonchev–Trinajstić information content (AvgIpc) is 3.20. The highest BCUT2D eigenvalue weighted by molar-refractivity contribution is 5.91. The van der Waals surface area contributed by atoms with E-state index >= 15 is 0 Å². The standard InChI is InChI=1S/C19H22N4O2/c1-25-16-7-4-15(5-8-16)6-9-19(24)21-14-17-20-11-10-18(22-17)23-12-2-3-13-23/h4-11H,2-3,12-14H2,1H3,(H,21,24)/b9-6+. The van der Waals surface area contributed by atoms with Gasteiger partial charge in [-0.25, -0.2) is 9.97 Å². The van der Waals surface area contributed by atoms with Crippen LogP contribution in [0.2, 0.25) is 0 Å². The van der Waals surface area contributed by atoms with E-state index in [2.05, 4.69) is 20.2 Å². The minimum Gasteiger partial charge on any atom is -0.497 e. The molecule has 0 aliphatic carbocycles. The normalized spacial score (nSPS) is 14.0. The highest BCUT2D eigenvalue weighted by atomic mass is 16.5. The molecular weight excluding hydrogens is 316 g/mol. The first-order valence-electron chi connectivity index (χ1n) is 8.41. The Morgan fingerprint density at radius 1 is 1.24 bits per heavy atom. The lowest BCUT2D eigenvalue weighted by Gasteiger charge is -2.16. The van der Waals surface area contributed by atoms with Crippen LogP contribution in [0.3, 0.4) is 0 Å². The van der Waals surface area contributed by atoms with Crippen molar-refractivity contribution in [2.24, 2.45) is 0 Å². The fourth-order valence-corrected chi connectivity index (χ4v) is 2.71. The smallest absolute Gasteiger partial charge is 0.244 e. The number of methoxy groups -OCH3 is 1. The summed E-state index contributed by atoms with van der Waals surface area (Å²) in [6.45, 7) is 2.38. The zero-order valence-electron chi connectivity index (χ0n) is 14.3. The molecule has 1 saturated heterocycles. The fourth-order valence-electron chi connectivity index (χ4n) is 2.71. The molecule has 1 N–H and O–H groups in total. The summed E-state index contributed by atoms with van der Waals surface area (Å²) in [6.07, 6.45) is 7.41. The summed E-state index contributed by atoms with van der Waals surface area (Å²) in [6, 6.07) is 9.42. The Kier molecular flexibility index (Phi) is 5.61. The van der Waals surface area contributed by atoms with Crippen LogP contribution in [0.4, 0.5) is 5.82 Å². The van der Waals surface area contributed by atoms with Gasteiger partial charge in [-0.1, -0.05) is 12.1 Å². The van der Waals surface area contributed by atoms with E-state index in [4.69, 9.17) is 4.74 Å². The molecule has 2 heterocycles. The molecule has 0 bridgehead atoms. The Bertz CT molecular complexity index is 737. The number of hydrogen-bond donors (Lipinski definition) is 1. The third kappa shape index (κ3) is 4.79. The van der Waals surface area contributed by atoms with Crippen LogP contribution in [0.1, 0.15) is 24.2 Å². The SMILES string of the molecule is COc1ccc(/C=C/C(=O)NCc2nccc(N3CCCC3)n2)cc1. The molecule has 0 saturated carbocycles. The van der Waals surface area contributed by atoms with Gasteiger partial charge in [-0.2, -0.15) is 0 Å².